The van der Waals surface area contributed by atoms with Gasteiger partial charge >= 0.3 is 0 Å². The van der Waals surface area contributed by atoms with Crippen LogP contribution in [-0.2, 0) is 6.54 Å². The highest BCUT2D eigenvalue weighted by Crippen LogP contribution is 2.17. The summed E-state index contributed by atoms with van der Waals surface area (Å²) in [5.74, 6) is 0. The zero-order valence-electron chi connectivity index (χ0n) is 10.1. The van der Waals surface area contributed by atoms with Gasteiger partial charge in [0.15, 0.2) is 0 Å². The van der Waals surface area contributed by atoms with Crippen LogP contribution in [0.1, 0.15) is 31.4 Å². The Kier molecular flexibility index (Phi) is 4.63. The van der Waals surface area contributed by atoms with Crippen LogP contribution >= 0.6 is 0 Å². The highest BCUT2D eigenvalue weighted by Gasteiger charge is 2.05. The number of rotatable bonds is 5. The molecule has 0 unspecified atom stereocenters. The van der Waals surface area contributed by atoms with Crippen molar-refractivity contribution in [1.82, 2.24) is 4.90 Å². The molecule has 0 fully saturated rings. The van der Waals surface area contributed by atoms with Crippen LogP contribution < -0.4 is 5.73 Å². The van der Waals surface area contributed by atoms with Gasteiger partial charge in [-0.15, -0.1) is 0 Å². The number of nitrogens with two attached hydrogens (primary N) is 1. The van der Waals surface area contributed by atoms with Gasteiger partial charge in [0.05, 0.1) is 0 Å². The zero-order valence-corrected chi connectivity index (χ0v) is 10.1. The fraction of sp³-hybridized carbons (Fsp3) is 0.538. The van der Waals surface area contributed by atoms with Gasteiger partial charge in [-0.2, -0.15) is 0 Å². The van der Waals surface area contributed by atoms with Crippen molar-refractivity contribution in [1.29, 1.82) is 0 Å². The minimum absolute atomic E-state index is 0.903. The van der Waals surface area contributed by atoms with E-state index in [9.17, 15) is 0 Å². The lowest BCUT2D eigenvalue weighted by molar-refractivity contribution is 0.280. The van der Waals surface area contributed by atoms with Gasteiger partial charge in [-0.3, -0.25) is 4.90 Å². The molecule has 0 spiro atoms. The third-order valence-electron chi connectivity index (χ3n) is 2.87. The van der Waals surface area contributed by atoms with Gasteiger partial charge < -0.3 is 5.73 Å². The number of hydrogen-bond donors (Lipinski definition) is 1. The van der Waals surface area contributed by atoms with E-state index >= 15 is 0 Å². The Morgan fingerprint density at radius 2 is 2.00 bits per heavy atom. The molecule has 2 N–H and O–H groups in total. The van der Waals surface area contributed by atoms with Crippen molar-refractivity contribution in [2.24, 2.45) is 0 Å². The van der Waals surface area contributed by atoms with Crippen LogP contribution in [-0.4, -0.2) is 18.0 Å². The largest absolute Gasteiger partial charge is 0.399 e. The third-order valence-corrected chi connectivity index (χ3v) is 2.87. The molecule has 0 saturated heterocycles. The molecule has 0 bridgehead atoms. The average molecular weight is 206 g/mol. The van der Waals surface area contributed by atoms with E-state index in [1.807, 2.05) is 12.1 Å². The number of anilines is 1. The second-order valence-electron chi connectivity index (χ2n) is 4.00. The Bertz CT molecular complexity index is 307. The SMILES string of the molecule is CCCN(CC)Cc1cccc(N)c1C. The van der Waals surface area contributed by atoms with Crippen LogP contribution in [0.4, 0.5) is 5.69 Å². The summed E-state index contributed by atoms with van der Waals surface area (Å²) in [7, 11) is 0. The molecule has 0 heterocycles. The molecule has 15 heavy (non-hydrogen) atoms. The monoisotopic (exact) mass is 206 g/mol. The standard InChI is InChI=1S/C13H22N2/c1-4-9-15(5-2)10-12-7-6-8-13(14)11(12)3/h6-8H,4-5,9-10,14H2,1-3H3. The van der Waals surface area contributed by atoms with E-state index < -0.39 is 0 Å². The summed E-state index contributed by atoms with van der Waals surface area (Å²) in [6, 6.07) is 6.18. The second-order valence-corrected chi connectivity index (χ2v) is 4.00. The van der Waals surface area contributed by atoms with Crippen molar-refractivity contribution in [2.75, 3.05) is 18.8 Å². The molecule has 2 nitrogen and oxygen atoms in total. The van der Waals surface area contributed by atoms with Gasteiger partial charge in [0.25, 0.3) is 0 Å². The minimum Gasteiger partial charge on any atom is -0.399 e. The predicted molar refractivity (Wildman–Crippen MR) is 66.8 cm³/mol. The maximum atomic E-state index is 5.89. The number of hydrogen-bond acceptors (Lipinski definition) is 2. The zero-order chi connectivity index (χ0) is 11.3. The minimum atomic E-state index is 0.903. The molecule has 0 aliphatic rings. The number of benzene rings is 1. The number of nitrogens with zero attached hydrogens (tertiary/aromatic N) is 1. The summed E-state index contributed by atoms with van der Waals surface area (Å²) in [4.78, 5) is 2.45. The third kappa shape index (κ3) is 3.24. The first-order chi connectivity index (χ1) is 7.19. The molecule has 0 saturated carbocycles. The lowest BCUT2D eigenvalue weighted by Crippen LogP contribution is -2.24. The van der Waals surface area contributed by atoms with Crippen LogP contribution in [0.3, 0.4) is 0 Å². The second kappa shape index (κ2) is 5.76. The van der Waals surface area contributed by atoms with Gasteiger partial charge in [0, 0.05) is 12.2 Å². The Hall–Kier alpha value is -1.02. The Morgan fingerprint density at radius 3 is 2.60 bits per heavy atom. The summed E-state index contributed by atoms with van der Waals surface area (Å²) in [5.41, 5.74) is 9.38. The first kappa shape index (κ1) is 12.1. The molecular weight excluding hydrogens is 184 g/mol. The van der Waals surface area contributed by atoms with Crippen molar-refractivity contribution in [3.8, 4) is 0 Å². The van der Waals surface area contributed by atoms with E-state index in [4.69, 9.17) is 5.73 Å². The Balaban J connectivity index is 2.74. The molecule has 0 aliphatic carbocycles. The van der Waals surface area contributed by atoms with Crippen LogP contribution in [0, 0.1) is 6.92 Å². The summed E-state index contributed by atoms with van der Waals surface area (Å²) >= 11 is 0. The molecular formula is C13H22N2. The van der Waals surface area contributed by atoms with Crippen LogP contribution in [0.5, 0.6) is 0 Å². The van der Waals surface area contributed by atoms with E-state index in [2.05, 4.69) is 31.7 Å². The fourth-order valence-corrected chi connectivity index (χ4v) is 1.78. The molecule has 0 amide bonds. The first-order valence-electron chi connectivity index (χ1n) is 5.75. The van der Waals surface area contributed by atoms with Crippen LogP contribution in [0.15, 0.2) is 18.2 Å². The maximum absolute atomic E-state index is 5.89. The van der Waals surface area contributed by atoms with Crippen molar-refractivity contribution in [2.45, 2.75) is 33.7 Å². The van der Waals surface area contributed by atoms with Gasteiger partial charge in [0.1, 0.15) is 0 Å². The van der Waals surface area contributed by atoms with Crippen molar-refractivity contribution in [3.63, 3.8) is 0 Å². The van der Waals surface area contributed by atoms with Crippen molar-refractivity contribution >= 4 is 5.69 Å². The average Bonchev–Trinajstić information content (AvgIpc) is 2.24. The van der Waals surface area contributed by atoms with Gasteiger partial charge in [0.2, 0.25) is 0 Å². The lowest BCUT2D eigenvalue weighted by atomic mass is 10.1. The molecule has 0 aromatic heterocycles. The van der Waals surface area contributed by atoms with Crippen molar-refractivity contribution < 1.29 is 0 Å². The quantitative estimate of drug-likeness (QED) is 0.751. The first-order valence-corrected chi connectivity index (χ1v) is 5.75. The predicted octanol–water partition coefficient (Wildman–Crippen LogP) is 2.81. The van der Waals surface area contributed by atoms with Gasteiger partial charge in [-0.05, 0) is 43.6 Å². The topological polar surface area (TPSA) is 29.3 Å². The van der Waals surface area contributed by atoms with E-state index in [0.29, 0.717) is 0 Å². The summed E-state index contributed by atoms with van der Waals surface area (Å²) in [6.07, 6.45) is 1.20. The summed E-state index contributed by atoms with van der Waals surface area (Å²) < 4.78 is 0. The van der Waals surface area contributed by atoms with E-state index in [1.54, 1.807) is 0 Å². The molecule has 0 aliphatic heterocycles. The molecule has 0 atom stereocenters. The van der Waals surface area contributed by atoms with E-state index in [0.717, 1.165) is 25.3 Å². The highest BCUT2D eigenvalue weighted by molar-refractivity contribution is 5.49. The molecule has 1 aromatic rings. The van der Waals surface area contributed by atoms with Crippen LogP contribution in [0.25, 0.3) is 0 Å². The fourth-order valence-electron chi connectivity index (χ4n) is 1.78. The molecule has 84 valence electrons. The van der Waals surface area contributed by atoms with E-state index in [1.165, 1.54) is 17.5 Å². The normalized spacial score (nSPS) is 10.9. The van der Waals surface area contributed by atoms with Gasteiger partial charge in [-0.1, -0.05) is 26.0 Å². The highest BCUT2D eigenvalue weighted by atomic mass is 15.1. The maximum Gasteiger partial charge on any atom is 0.0346 e. The number of nitrogen functional groups attached to an aromatic ring is 1. The smallest absolute Gasteiger partial charge is 0.0346 e. The Labute approximate surface area is 93.1 Å². The summed E-state index contributed by atoms with van der Waals surface area (Å²) in [5, 5.41) is 0. The summed E-state index contributed by atoms with van der Waals surface area (Å²) in [6.45, 7) is 9.80. The Morgan fingerprint density at radius 1 is 1.27 bits per heavy atom. The lowest BCUT2D eigenvalue weighted by Gasteiger charge is -2.21. The molecule has 0 radical (unpaired) electrons. The van der Waals surface area contributed by atoms with Gasteiger partial charge in [-0.25, -0.2) is 0 Å². The van der Waals surface area contributed by atoms with Crippen LogP contribution in [0.2, 0.25) is 0 Å². The molecule has 2 heteroatoms. The molecule has 1 rings (SSSR count). The van der Waals surface area contributed by atoms with E-state index in [-0.39, 0.29) is 0 Å². The van der Waals surface area contributed by atoms with Crippen molar-refractivity contribution in [3.05, 3.63) is 29.3 Å². The molecule has 1 aromatic carbocycles.